The van der Waals surface area contributed by atoms with Crippen LogP contribution in [0.15, 0.2) is 18.3 Å². The van der Waals surface area contributed by atoms with Gasteiger partial charge in [-0.1, -0.05) is 0 Å². The van der Waals surface area contributed by atoms with Gasteiger partial charge in [0.05, 0.1) is 24.0 Å². The number of nitrogens with two attached hydrogens (primary N) is 1. The maximum Gasteiger partial charge on any atom is 0.267 e. The number of fused-ring (bicyclic) bond motifs is 1. The first-order valence-electron chi connectivity index (χ1n) is 10.1. The molecule has 0 saturated heterocycles. The van der Waals surface area contributed by atoms with Crippen molar-refractivity contribution in [3.05, 3.63) is 29.7 Å². The summed E-state index contributed by atoms with van der Waals surface area (Å²) < 4.78 is 5.37. The fraction of sp³-hybridized carbons (Fsp3) is 0.400. The fourth-order valence-electron chi connectivity index (χ4n) is 3.48. The van der Waals surface area contributed by atoms with Crippen molar-refractivity contribution in [3.8, 4) is 23.0 Å². The third-order valence-corrected chi connectivity index (χ3v) is 5.07. The van der Waals surface area contributed by atoms with E-state index in [0.717, 1.165) is 28.8 Å². The van der Waals surface area contributed by atoms with E-state index in [-0.39, 0.29) is 5.69 Å². The normalized spacial score (nSPS) is 11.7. The molecule has 0 atom stereocenters. The van der Waals surface area contributed by atoms with E-state index in [1.165, 1.54) is 0 Å². The summed E-state index contributed by atoms with van der Waals surface area (Å²) in [5, 5.41) is 14.4. The van der Waals surface area contributed by atoms with Crippen LogP contribution in [0.25, 0.3) is 33.9 Å². The number of likely N-dealkylation sites (N-methyl/N-ethyl adjacent to an activating group) is 1. The van der Waals surface area contributed by atoms with Gasteiger partial charge in [-0.2, -0.15) is 10.2 Å². The van der Waals surface area contributed by atoms with E-state index in [1.807, 2.05) is 50.4 Å². The summed E-state index contributed by atoms with van der Waals surface area (Å²) >= 11 is 0. The van der Waals surface area contributed by atoms with Crippen molar-refractivity contribution in [2.45, 2.75) is 26.9 Å². The first kappa shape index (κ1) is 20.7. The van der Waals surface area contributed by atoms with Crippen molar-refractivity contribution < 1.29 is 4.79 Å². The molecule has 0 radical (unpaired) electrons. The Morgan fingerprint density at radius 3 is 2.61 bits per heavy atom. The van der Waals surface area contributed by atoms with Crippen LogP contribution in [0, 0.1) is 6.92 Å². The molecule has 0 aromatic carbocycles. The second kappa shape index (κ2) is 7.91. The molecule has 31 heavy (non-hydrogen) atoms. The summed E-state index contributed by atoms with van der Waals surface area (Å²) in [6, 6.07) is 3.61. The second-order valence-electron chi connectivity index (χ2n) is 7.69. The topological polar surface area (TPSA) is 126 Å². The van der Waals surface area contributed by atoms with Gasteiger partial charge in [-0.05, 0) is 40.1 Å². The molecule has 11 heteroatoms. The van der Waals surface area contributed by atoms with Gasteiger partial charge in [0.1, 0.15) is 17.1 Å². The van der Waals surface area contributed by atoms with Crippen LogP contribution in [0.2, 0.25) is 0 Å². The van der Waals surface area contributed by atoms with Gasteiger partial charge in [-0.25, -0.2) is 14.6 Å². The summed E-state index contributed by atoms with van der Waals surface area (Å²) in [6.07, 6.45) is 1.72. The third-order valence-electron chi connectivity index (χ3n) is 5.07. The maximum atomic E-state index is 11.9. The molecule has 0 fully saturated rings. The van der Waals surface area contributed by atoms with Crippen molar-refractivity contribution in [2.24, 2.45) is 12.8 Å². The molecule has 0 saturated carbocycles. The number of aryl methyl sites for hydroxylation is 3. The number of pyridine rings is 1. The highest BCUT2D eigenvalue weighted by molar-refractivity contribution is 5.99. The van der Waals surface area contributed by atoms with Gasteiger partial charge < -0.3 is 10.6 Å². The van der Waals surface area contributed by atoms with Gasteiger partial charge in [0.25, 0.3) is 5.91 Å². The SMILES string of the molecule is CCn1nc(C)cc1-c1nc(-c2nc(C(N)=O)cc3c2cnn3C)n(CCN(C)C)n1. The summed E-state index contributed by atoms with van der Waals surface area (Å²) in [4.78, 5) is 23.4. The molecule has 4 aromatic heterocycles. The van der Waals surface area contributed by atoms with Gasteiger partial charge in [0.15, 0.2) is 11.6 Å². The molecular weight excluding hydrogens is 396 g/mol. The molecular formula is C20H26N10O. The molecule has 0 bridgehead atoms. The van der Waals surface area contributed by atoms with Gasteiger partial charge in [0.2, 0.25) is 0 Å². The quantitative estimate of drug-likeness (QED) is 0.472. The Morgan fingerprint density at radius 1 is 1.16 bits per heavy atom. The van der Waals surface area contributed by atoms with E-state index in [0.29, 0.717) is 30.4 Å². The zero-order valence-electron chi connectivity index (χ0n) is 18.4. The van der Waals surface area contributed by atoms with Gasteiger partial charge >= 0.3 is 0 Å². The maximum absolute atomic E-state index is 11.9. The standard InChI is InChI=1S/C20H26N10O/c1-6-29-16(9-12(2)25-29)19-24-20(30(26-19)8-7-27(3)4)17-13-11-22-28(5)15(13)10-14(23-17)18(21)31/h9-11H,6-8H2,1-5H3,(H2,21,31). The predicted molar refractivity (Wildman–Crippen MR) is 116 cm³/mol. The molecule has 4 rings (SSSR count). The van der Waals surface area contributed by atoms with Gasteiger partial charge in [0, 0.05) is 25.5 Å². The molecule has 0 unspecified atom stereocenters. The first-order chi connectivity index (χ1) is 14.8. The number of amides is 1. The Balaban J connectivity index is 1.95. The lowest BCUT2D eigenvalue weighted by Crippen LogP contribution is -2.20. The minimum absolute atomic E-state index is 0.157. The second-order valence-corrected chi connectivity index (χ2v) is 7.69. The molecule has 4 heterocycles. The Morgan fingerprint density at radius 2 is 1.94 bits per heavy atom. The zero-order valence-corrected chi connectivity index (χ0v) is 18.4. The van der Waals surface area contributed by atoms with Crippen molar-refractivity contribution in [3.63, 3.8) is 0 Å². The van der Waals surface area contributed by atoms with E-state index >= 15 is 0 Å². The van der Waals surface area contributed by atoms with Crippen LogP contribution < -0.4 is 5.73 Å². The molecule has 1 amide bonds. The monoisotopic (exact) mass is 422 g/mol. The van der Waals surface area contributed by atoms with Crippen LogP contribution in [0.1, 0.15) is 23.1 Å². The average Bonchev–Trinajstić information content (AvgIpc) is 3.42. The molecule has 0 aliphatic heterocycles. The molecule has 0 aliphatic rings. The highest BCUT2D eigenvalue weighted by Gasteiger charge is 2.22. The number of rotatable bonds is 7. The lowest BCUT2D eigenvalue weighted by molar-refractivity contribution is 0.0996. The Bertz CT molecular complexity index is 1260. The van der Waals surface area contributed by atoms with E-state index < -0.39 is 5.91 Å². The number of hydrogen-bond donors (Lipinski definition) is 1. The number of hydrogen-bond acceptors (Lipinski definition) is 7. The number of carbonyl (C=O) groups excluding carboxylic acids is 1. The van der Waals surface area contributed by atoms with E-state index in [9.17, 15) is 4.79 Å². The summed E-state index contributed by atoms with van der Waals surface area (Å²) in [6.45, 7) is 6.02. The van der Waals surface area contributed by atoms with Crippen molar-refractivity contribution in [1.82, 2.24) is 44.2 Å². The number of primary amides is 1. The molecule has 0 aliphatic carbocycles. The van der Waals surface area contributed by atoms with Crippen molar-refractivity contribution in [1.29, 1.82) is 0 Å². The van der Waals surface area contributed by atoms with Crippen LogP contribution in [0.4, 0.5) is 0 Å². The van der Waals surface area contributed by atoms with Gasteiger partial charge in [-0.15, -0.1) is 5.10 Å². The fourth-order valence-corrected chi connectivity index (χ4v) is 3.48. The van der Waals surface area contributed by atoms with Crippen LogP contribution in [0.5, 0.6) is 0 Å². The Hall–Kier alpha value is -3.60. The molecule has 4 aromatic rings. The average molecular weight is 422 g/mol. The van der Waals surface area contributed by atoms with Crippen molar-refractivity contribution >= 4 is 16.8 Å². The summed E-state index contributed by atoms with van der Waals surface area (Å²) in [7, 11) is 5.80. The largest absolute Gasteiger partial charge is 0.364 e. The smallest absolute Gasteiger partial charge is 0.267 e. The minimum atomic E-state index is -0.608. The number of nitrogens with zero attached hydrogens (tertiary/aromatic N) is 9. The van der Waals surface area contributed by atoms with Crippen molar-refractivity contribution in [2.75, 3.05) is 20.6 Å². The molecule has 11 nitrogen and oxygen atoms in total. The lowest BCUT2D eigenvalue weighted by atomic mass is 10.2. The third kappa shape index (κ3) is 3.79. The lowest BCUT2D eigenvalue weighted by Gasteiger charge is -2.11. The summed E-state index contributed by atoms with van der Waals surface area (Å²) in [5.41, 5.74) is 8.71. The Kier molecular flexibility index (Phi) is 5.27. The first-order valence-corrected chi connectivity index (χ1v) is 10.1. The van der Waals surface area contributed by atoms with E-state index in [2.05, 4.69) is 20.1 Å². The van der Waals surface area contributed by atoms with E-state index in [1.54, 1.807) is 16.9 Å². The minimum Gasteiger partial charge on any atom is -0.364 e. The predicted octanol–water partition coefficient (Wildman–Crippen LogP) is 1.08. The van der Waals surface area contributed by atoms with Crippen LogP contribution in [-0.4, -0.2) is 70.8 Å². The zero-order chi connectivity index (χ0) is 22.3. The van der Waals surface area contributed by atoms with Crippen LogP contribution in [-0.2, 0) is 20.1 Å². The van der Waals surface area contributed by atoms with Crippen LogP contribution in [0.3, 0.4) is 0 Å². The highest BCUT2D eigenvalue weighted by Crippen LogP contribution is 2.28. The highest BCUT2D eigenvalue weighted by atomic mass is 16.1. The number of aromatic nitrogens is 8. The Labute approximate surface area is 179 Å². The molecule has 0 spiro atoms. The van der Waals surface area contributed by atoms with E-state index in [4.69, 9.17) is 15.8 Å². The molecule has 2 N–H and O–H groups in total. The molecule has 162 valence electrons. The summed E-state index contributed by atoms with van der Waals surface area (Å²) in [5.74, 6) is 0.502. The number of carbonyl (C=O) groups is 1. The van der Waals surface area contributed by atoms with Gasteiger partial charge in [-0.3, -0.25) is 14.2 Å². The van der Waals surface area contributed by atoms with Crippen LogP contribution >= 0.6 is 0 Å².